The van der Waals surface area contributed by atoms with Gasteiger partial charge in [0.15, 0.2) is 0 Å². The van der Waals surface area contributed by atoms with Gasteiger partial charge in [0.05, 0.1) is 18.2 Å². The number of hydrogen-bond acceptors (Lipinski definition) is 3. The van der Waals surface area contributed by atoms with Gasteiger partial charge >= 0.3 is 17.1 Å². The molecule has 15 heavy (non-hydrogen) atoms. The maximum atomic E-state index is 8.40. The monoisotopic (exact) mass is 335 g/mol. The Labute approximate surface area is 113 Å². The molecule has 0 aromatic rings. The van der Waals surface area contributed by atoms with Crippen LogP contribution >= 0.6 is 7.92 Å². The second kappa shape index (κ2) is 16.3. The van der Waals surface area contributed by atoms with E-state index in [0.29, 0.717) is 19.3 Å². The first-order valence-corrected chi connectivity index (χ1v) is 6.08. The van der Waals surface area contributed by atoms with Crippen molar-refractivity contribution in [2.75, 3.05) is 18.5 Å². The van der Waals surface area contributed by atoms with Crippen molar-refractivity contribution in [2.45, 2.75) is 19.3 Å². The van der Waals surface area contributed by atoms with Crippen LogP contribution in [0.3, 0.4) is 0 Å². The van der Waals surface area contributed by atoms with Crippen LogP contribution in [0, 0.1) is 34.0 Å². The maximum absolute atomic E-state index is 8.40. The molecule has 0 amide bonds. The Balaban J connectivity index is -0.000000720. The minimum atomic E-state index is -0.246. The van der Waals surface area contributed by atoms with Crippen LogP contribution in [0.2, 0.25) is 0 Å². The van der Waals surface area contributed by atoms with Crippen LogP contribution < -0.4 is 17.0 Å². The third-order valence-electron chi connectivity index (χ3n) is 1.62. The molecule has 0 saturated heterocycles. The first-order chi connectivity index (χ1) is 6.35. The summed E-state index contributed by atoms with van der Waals surface area (Å²) in [7, 11) is -0.246. The number of nitrogens with zero attached hydrogens (tertiary/aromatic N) is 3. The average Bonchev–Trinajstić information content (AvgIpc) is 2.17. The normalized spacial score (nSPS) is 7.60. The molecular formula is C9H12BrCuN3P. The van der Waals surface area contributed by atoms with Crippen LogP contribution in [0.25, 0.3) is 0 Å². The van der Waals surface area contributed by atoms with Crippen molar-refractivity contribution in [3.63, 3.8) is 0 Å². The number of halogens is 1. The zero-order valence-corrected chi connectivity index (χ0v) is 11.6. The van der Waals surface area contributed by atoms with Crippen LogP contribution in [0.1, 0.15) is 19.3 Å². The van der Waals surface area contributed by atoms with Gasteiger partial charge in [0.25, 0.3) is 0 Å². The molecule has 0 aliphatic rings. The van der Waals surface area contributed by atoms with E-state index in [2.05, 4.69) is 18.2 Å². The average molecular weight is 337 g/mol. The number of hydrogen-bond donors (Lipinski definition) is 0. The third kappa shape index (κ3) is 13.9. The van der Waals surface area contributed by atoms with Crippen LogP contribution in [-0.2, 0) is 17.1 Å². The Bertz CT molecular complexity index is 211. The van der Waals surface area contributed by atoms with E-state index < -0.39 is 0 Å². The van der Waals surface area contributed by atoms with Gasteiger partial charge in [-0.3, -0.25) is 0 Å². The van der Waals surface area contributed by atoms with Gasteiger partial charge < -0.3 is 17.0 Å². The summed E-state index contributed by atoms with van der Waals surface area (Å²) in [5, 5.41) is 25.2. The molecule has 0 unspecified atom stereocenters. The number of nitriles is 3. The quantitative estimate of drug-likeness (QED) is 0.471. The first-order valence-electron chi connectivity index (χ1n) is 4.18. The predicted octanol–water partition coefficient (Wildman–Crippen LogP) is -0.789. The van der Waals surface area contributed by atoms with E-state index >= 15 is 0 Å². The summed E-state index contributed by atoms with van der Waals surface area (Å²) in [6.07, 6.45) is 4.33. The summed E-state index contributed by atoms with van der Waals surface area (Å²) in [5.74, 6) is 0. The summed E-state index contributed by atoms with van der Waals surface area (Å²) in [6.45, 7) is 0. The molecule has 86 valence electrons. The molecule has 0 heterocycles. The Morgan fingerprint density at radius 2 is 1.00 bits per heavy atom. The molecule has 0 aliphatic carbocycles. The second-order valence-electron chi connectivity index (χ2n) is 2.57. The van der Waals surface area contributed by atoms with Gasteiger partial charge in [-0.25, -0.2) is 0 Å². The Kier molecular flexibility index (Phi) is 22.1. The molecule has 0 bridgehead atoms. The zero-order chi connectivity index (χ0) is 9.94. The van der Waals surface area contributed by atoms with Crippen molar-refractivity contribution >= 4 is 7.92 Å². The largest absolute Gasteiger partial charge is 1.00 e. The Hall–Kier alpha value is -0.101. The van der Waals surface area contributed by atoms with E-state index in [1.54, 1.807) is 0 Å². The van der Waals surface area contributed by atoms with Crippen molar-refractivity contribution in [1.82, 2.24) is 0 Å². The summed E-state index contributed by atoms with van der Waals surface area (Å²) in [6, 6.07) is 6.30. The minimum Gasteiger partial charge on any atom is -1.00 e. The molecule has 0 radical (unpaired) electrons. The predicted molar refractivity (Wildman–Crippen MR) is 52.2 cm³/mol. The molecule has 0 aliphatic heterocycles. The van der Waals surface area contributed by atoms with Gasteiger partial charge in [0.1, 0.15) is 0 Å². The van der Waals surface area contributed by atoms with Gasteiger partial charge in [-0.05, 0) is 18.5 Å². The summed E-state index contributed by atoms with van der Waals surface area (Å²) in [4.78, 5) is 0. The van der Waals surface area contributed by atoms with Crippen LogP contribution in [-0.4, -0.2) is 18.5 Å². The third-order valence-corrected chi connectivity index (χ3v) is 4.19. The summed E-state index contributed by atoms with van der Waals surface area (Å²) >= 11 is 0. The maximum Gasteiger partial charge on any atom is 1.00 e. The topological polar surface area (TPSA) is 71.4 Å². The second-order valence-corrected chi connectivity index (χ2v) is 5.25. The van der Waals surface area contributed by atoms with Gasteiger partial charge in [0.2, 0.25) is 0 Å². The molecule has 3 nitrogen and oxygen atoms in total. The minimum absolute atomic E-state index is 0. The first kappa shape index (κ1) is 20.3. The van der Waals surface area contributed by atoms with Crippen molar-refractivity contribution in [3.8, 4) is 18.2 Å². The van der Waals surface area contributed by atoms with E-state index in [9.17, 15) is 0 Å². The van der Waals surface area contributed by atoms with Gasteiger partial charge in [-0.2, -0.15) is 15.8 Å². The molecule has 0 aromatic heterocycles. The molecule has 0 spiro atoms. The molecule has 0 rings (SSSR count). The molecule has 0 atom stereocenters. The van der Waals surface area contributed by atoms with Crippen LogP contribution in [0.15, 0.2) is 0 Å². The Morgan fingerprint density at radius 3 is 1.20 bits per heavy atom. The molecule has 0 fully saturated rings. The van der Waals surface area contributed by atoms with E-state index in [1.165, 1.54) is 0 Å². The van der Waals surface area contributed by atoms with Gasteiger partial charge in [-0.1, -0.05) is 0 Å². The van der Waals surface area contributed by atoms with E-state index in [0.717, 1.165) is 18.5 Å². The zero-order valence-electron chi connectivity index (χ0n) is 8.21. The fourth-order valence-electron chi connectivity index (χ4n) is 0.960. The van der Waals surface area contributed by atoms with Crippen LogP contribution in [0.4, 0.5) is 0 Å². The van der Waals surface area contributed by atoms with E-state index in [-0.39, 0.29) is 42.0 Å². The Morgan fingerprint density at radius 1 is 0.733 bits per heavy atom. The van der Waals surface area contributed by atoms with Gasteiger partial charge in [0, 0.05) is 19.3 Å². The molecule has 6 heteroatoms. The van der Waals surface area contributed by atoms with Crippen molar-refractivity contribution in [3.05, 3.63) is 0 Å². The fraction of sp³-hybridized carbons (Fsp3) is 0.667. The summed E-state index contributed by atoms with van der Waals surface area (Å²) < 4.78 is 0. The number of rotatable bonds is 6. The van der Waals surface area contributed by atoms with Crippen molar-refractivity contribution in [2.24, 2.45) is 0 Å². The standard InChI is InChI=1S/C9H12N3P.BrH.Cu/c10-4-1-7-13(8-2-5-11)9-3-6-12;;/h1-3,7-9H2;1H;/q;;+1/p-1. The molecule has 0 N–H and O–H groups in total. The summed E-state index contributed by atoms with van der Waals surface area (Å²) in [5.41, 5.74) is 0. The van der Waals surface area contributed by atoms with Gasteiger partial charge in [-0.15, -0.1) is 7.92 Å². The van der Waals surface area contributed by atoms with E-state index in [1.807, 2.05) is 0 Å². The smallest absolute Gasteiger partial charge is 1.00 e. The van der Waals surface area contributed by atoms with Crippen LogP contribution in [0.5, 0.6) is 0 Å². The molecule has 0 aromatic carbocycles. The fourth-order valence-corrected chi connectivity index (χ4v) is 2.88. The molecule has 0 saturated carbocycles. The molecular weight excluding hydrogens is 325 g/mol. The SMILES string of the molecule is N#CCCP(CCC#N)CCC#N.[Br-].[Cu+]. The van der Waals surface area contributed by atoms with Crippen molar-refractivity contribution < 1.29 is 34.1 Å². The van der Waals surface area contributed by atoms with E-state index in [4.69, 9.17) is 15.8 Å². The van der Waals surface area contributed by atoms with Crippen molar-refractivity contribution in [1.29, 1.82) is 15.8 Å².